The second-order valence-electron chi connectivity index (χ2n) is 7.46. The van der Waals surface area contributed by atoms with Gasteiger partial charge in [-0.1, -0.05) is 17.7 Å². The number of benzene rings is 1. The van der Waals surface area contributed by atoms with E-state index in [0.717, 1.165) is 19.6 Å². The summed E-state index contributed by atoms with van der Waals surface area (Å²) < 4.78 is 0. The van der Waals surface area contributed by atoms with E-state index >= 15 is 0 Å². The number of piperidine rings is 1. The van der Waals surface area contributed by atoms with Gasteiger partial charge in [-0.05, 0) is 50.2 Å². The smallest absolute Gasteiger partial charge is 0.0698 e. The predicted molar refractivity (Wildman–Crippen MR) is 93.0 cm³/mol. The van der Waals surface area contributed by atoms with Gasteiger partial charge >= 0.3 is 0 Å². The summed E-state index contributed by atoms with van der Waals surface area (Å²) in [5, 5.41) is 7.55. The van der Waals surface area contributed by atoms with Crippen molar-refractivity contribution in [1.29, 1.82) is 0 Å². The maximum absolute atomic E-state index is 6.33. The van der Waals surface area contributed by atoms with Crippen molar-refractivity contribution in [1.82, 2.24) is 15.1 Å². The van der Waals surface area contributed by atoms with Crippen molar-refractivity contribution in [2.24, 2.45) is 17.6 Å². The maximum atomic E-state index is 6.33. The van der Waals surface area contributed by atoms with E-state index in [2.05, 4.69) is 47.1 Å². The summed E-state index contributed by atoms with van der Waals surface area (Å²) >= 11 is 0. The summed E-state index contributed by atoms with van der Waals surface area (Å²) in [7, 11) is 0. The Bertz CT molecular complexity index is 691. The lowest BCUT2D eigenvalue weighted by Gasteiger charge is -2.36. The van der Waals surface area contributed by atoms with Gasteiger partial charge in [0.15, 0.2) is 0 Å². The van der Waals surface area contributed by atoms with Gasteiger partial charge in [0.25, 0.3) is 0 Å². The second kappa shape index (κ2) is 5.77. The number of nitrogens with zero attached hydrogens (tertiary/aromatic N) is 2. The van der Waals surface area contributed by atoms with Crippen LogP contribution >= 0.6 is 0 Å². The number of hydrogen-bond donors (Lipinski definition) is 2. The lowest BCUT2D eigenvalue weighted by molar-refractivity contribution is 0.141. The van der Waals surface area contributed by atoms with Gasteiger partial charge in [0.1, 0.15) is 0 Å². The molecule has 1 saturated heterocycles. The summed E-state index contributed by atoms with van der Waals surface area (Å²) in [4.78, 5) is 2.57. The first-order valence-corrected chi connectivity index (χ1v) is 8.69. The van der Waals surface area contributed by atoms with Gasteiger partial charge in [-0.2, -0.15) is 5.10 Å². The zero-order valence-corrected chi connectivity index (χ0v) is 14.0. The molecule has 1 saturated carbocycles. The molecule has 1 aromatic carbocycles. The molecule has 4 rings (SSSR count). The Labute approximate surface area is 138 Å². The number of likely N-dealkylation sites (tertiary alicyclic amines) is 1. The molecule has 2 bridgehead atoms. The highest BCUT2D eigenvalue weighted by Crippen LogP contribution is 2.36. The van der Waals surface area contributed by atoms with Crippen molar-refractivity contribution in [3.63, 3.8) is 0 Å². The predicted octanol–water partition coefficient (Wildman–Crippen LogP) is 2.86. The SMILES string of the molecule is Cc1ccc(C)c(-c2[nH]ncc2CN2C[C@H]3CC[C@@H](C2)C3N)c1. The van der Waals surface area contributed by atoms with Gasteiger partial charge in [-0.25, -0.2) is 0 Å². The molecule has 1 unspecified atom stereocenters. The molecule has 3 atom stereocenters. The number of aromatic nitrogens is 2. The minimum absolute atomic E-state index is 0.425. The van der Waals surface area contributed by atoms with Crippen LogP contribution in [0.2, 0.25) is 0 Å². The van der Waals surface area contributed by atoms with Crippen LogP contribution < -0.4 is 5.73 Å². The minimum Gasteiger partial charge on any atom is -0.327 e. The highest BCUT2D eigenvalue weighted by Gasteiger charge is 2.39. The Balaban J connectivity index is 1.57. The molecule has 122 valence electrons. The first-order valence-electron chi connectivity index (χ1n) is 8.69. The molecular formula is C19H26N4. The van der Waals surface area contributed by atoms with Crippen molar-refractivity contribution in [3.8, 4) is 11.3 Å². The number of nitrogens with one attached hydrogen (secondary N) is 1. The maximum Gasteiger partial charge on any atom is 0.0698 e. The summed E-state index contributed by atoms with van der Waals surface area (Å²) in [6, 6.07) is 7.03. The number of fused-ring (bicyclic) bond motifs is 2. The Morgan fingerprint density at radius 3 is 2.70 bits per heavy atom. The van der Waals surface area contributed by atoms with Gasteiger partial charge in [0.05, 0.1) is 11.9 Å². The van der Waals surface area contributed by atoms with Crippen LogP contribution in [0.3, 0.4) is 0 Å². The molecule has 2 fully saturated rings. The molecule has 2 aliphatic rings. The van der Waals surface area contributed by atoms with E-state index in [0.29, 0.717) is 17.9 Å². The Hall–Kier alpha value is -1.65. The quantitative estimate of drug-likeness (QED) is 0.916. The van der Waals surface area contributed by atoms with Gasteiger partial charge in [0, 0.05) is 36.8 Å². The molecule has 4 heteroatoms. The largest absolute Gasteiger partial charge is 0.327 e. The van der Waals surface area contributed by atoms with Crippen molar-refractivity contribution in [2.45, 2.75) is 39.3 Å². The zero-order valence-electron chi connectivity index (χ0n) is 14.0. The topological polar surface area (TPSA) is 57.9 Å². The lowest BCUT2D eigenvalue weighted by atomic mass is 9.92. The minimum atomic E-state index is 0.425. The van der Waals surface area contributed by atoms with Crippen LogP contribution in [0.5, 0.6) is 0 Å². The Kier molecular flexibility index (Phi) is 3.74. The van der Waals surface area contributed by atoms with Crippen molar-refractivity contribution in [3.05, 3.63) is 41.1 Å². The fraction of sp³-hybridized carbons (Fsp3) is 0.526. The second-order valence-corrected chi connectivity index (χ2v) is 7.46. The number of hydrogen-bond acceptors (Lipinski definition) is 3. The fourth-order valence-corrected chi connectivity index (χ4v) is 4.40. The number of rotatable bonds is 3. The molecule has 1 aliphatic heterocycles. The van der Waals surface area contributed by atoms with Gasteiger partial charge < -0.3 is 5.73 Å². The van der Waals surface area contributed by atoms with Crippen LogP contribution in [0.25, 0.3) is 11.3 Å². The number of aryl methyl sites for hydroxylation is 2. The summed E-state index contributed by atoms with van der Waals surface area (Å²) in [6.07, 6.45) is 4.60. The van der Waals surface area contributed by atoms with E-state index in [1.165, 1.54) is 40.8 Å². The highest BCUT2D eigenvalue weighted by atomic mass is 15.2. The fourth-order valence-electron chi connectivity index (χ4n) is 4.40. The van der Waals surface area contributed by atoms with Crippen molar-refractivity contribution >= 4 is 0 Å². The van der Waals surface area contributed by atoms with Crippen LogP contribution in [0.1, 0.15) is 29.5 Å². The number of H-pyrrole nitrogens is 1. The average Bonchev–Trinajstić information content (AvgIpc) is 3.04. The van der Waals surface area contributed by atoms with Crippen LogP contribution in [0.15, 0.2) is 24.4 Å². The molecule has 1 aromatic heterocycles. The third kappa shape index (κ3) is 2.70. The molecule has 23 heavy (non-hydrogen) atoms. The van der Waals surface area contributed by atoms with Gasteiger partial charge in [-0.3, -0.25) is 10.00 Å². The van der Waals surface area contributed by atoms with E-state index in [-0.39, 0.29) is 0 Å². The highest BCUT2D eigenvalue weighted by molar-refractivity contribution is 5.67. The van der Waals surface area contributed by atoms with E-state index in [4.69, 9.17) is 5.73 Å². The Morgan fingerprint density at radius 2 is 1.96 bits per heavy atom. The van der Waals surface area contributed by atoms with Crippen LogP contribution in [0, 0.1) is 25.7 Å². The zero-order chi connectivity index (χ0) is 16.0. The first-order chi connectivity index (χ1) is 11.1. The average molecular weight is 310 g/mol. The normalized spacial score (nSPS) is 27.5. The summed E-state index contributed by atoms with van der Waals surface area (Å²) in [5.74, 6) is 1.37. The van der Waals surface area contributed by atoms with E-state index in [1.807, 2.05) is 6.20 Å². The molecule has 2 aromatic rings. The van der Waals surface area contributed by atoms with Gasteiger partial charge in [-0.15, -0.1) is 0 Å². The molecule has 0 spiro atoms. The molecule has 2 heterocycles. The van der Waals surface area contributed by atoms with E-state index in [9.17, 15) is 0 Å². The monoisotopic (exact) mass is 310 g/mol. The third-order valence-electron chi connectivity index (χ3n) is 5.76. The van der Waals surface area contributed by atoms with Crippen LogP contribution in [-0.2, 0) is 6.54 Å². The first kappa shape index (κ1) is 14.9. The summed E-state index contributed by atoms with van der Waals surface area (Å²) in [6.45, 7) is 7.55. The Morgan fingerprint density at radius 1 is 1.22 bits per heavy atom. The van der Waals surface area contributed by atoms with Crippen molar-refractivity contribution < 1.29 is 0 Å². The molecule has 0 amide bonds. The number of nitrogens with two attached hydrogens (primary N) is 1. The van der Waals surface area contributed by atoms with E-state index < -0.39 is 0 Å². The van der Waals surface area contributed by atoms with Gasteiger partial charge in [0.2, 0.25) is 0 Å². The lowest BCUT2D eigenvalue weighted by Crippen LogP contribution is -2.48. The molecule has 0 radical (unpaired) electrons. The number of aromatic amines is 1. The molecule has 1 aliphatic carbocycles. The van der Waals surface area contributed by atoms with Crippen LogP contribution in [0.4, 0.5) is 0 Å². The molecule has 4 nitrogen and oxygen atoms in total. The standard InChI is InChI=1S/C19H26N4/c1-12-3-4-13(2)17(7-12)19-16(8-21-22-19)11-23-9-14-5-6-15(10-23)18(14)20/h3-4,7-8,14-15,18H,5-6,9-11,20H2,1-2H3,(H,21,22)/t14-,15+,18?. The molecular weight excluding hydrogens is 284 g/mol. The third-order valence-corrected chi connectivity index (χ3v) is 5.76. The van der Waals surface area contributed by atoms with E-state index in [1.54, 1.807) is 0 Å². The summed E-state index contributed by atoms with van der Waals surface area (Å²) in [5.41, 5.74) is 12.7. The van der Waals surface area contributed by atoms with Crippen molar-refractivity contribution in [2.75, 3.05) is 13.1 Å². The molecule has 3 N–H and O–H groups in total. The van der Waals surface area contributed by atoms with Crippen LogP contribution in [-0.4, -0.2) is 34.2 Å².